The molecule has 2 aliphatic carbocycles. The number of imide groups is 1. The number of hydrogen-bond donors (Lipinski definition) is 1. The first kappa shape index (κ1) is 28.3. The molecule has 45 heavy (non-hydrogen) atoms. The van der Waals surface area contributed by atoms with Crippen molar-refractivity contribution in [1.82, 2.24) is 4.98 Å². The molecule has 1 aromatic heterocycles. The minimum absolute atomic E-state index is 0.00185. The maximum Gasteiger partial charge on any atom is 0.338 e. The number of benzene rings is 3. The predicted molar refractivity (Wildman–Crippen MR) is 171 cm³/mol. The Morgan fingerprint density at radius 3 is 2.44 bits per heavy atom. The molecule has 8 rings (SSSR count). The fraction of sp³-hybridized carbons (Fsp3) is 0.314. The summed E-state index contributed by atoms with van der Waals surface area (Å²) in [7, 11) is 0. The largest absolute Gasteiger partial charge is 0.489 e. The summed E-state index contributed by atoms with van der Waals surface area (Å²) in [5, 5.41) is 0.968. The van der Waals surface area contributed by atoms with Gasteiger partial charge in [0.15, 0.2) is 0 Å². The van der Waals surface area contributed by atoms with Gasteiger partial charge in [0.1, 0.15) is 12.4 Å². The molecular formula is C35H30N2O6S2. The number of nitrogens with one attached hydrogen (secondary N) is 1. The molecule has 228 valence electrons. The monoisotopic (exact) mass is 638 g/mol. The highest BCUT2D eigenvalue weighted by Crippen LogP contribution is 2.68. The van der Waals surface area contributed by atoms with Crippen molar-refractivity contribution in [3.63, 3.8) is 0 Å². The summed E-state index contributed by atoms with van der Waals surface area (Å²) < 4.78 is 11.3. The Morgan fingerprint density at radius 1 is 0.933 bits per heavy atom. The third kappa shape index (κ3) is 4.56. The van der Waals surface area contributed by atoms with E-state index < -0.39 is 17.8 Å². The maximum atomic E-state index is 14.1. The summed E-state index contributed by atoms with van der Waals surface area (Å²) in [4.78, 5) is 58.1. The van der Waals surface area contributed by atoms with Crippen molar-refractivity contribution in [1.29, 1.82) is 0 Å². The average molecular weight is 639 g/mol. The molecule has 2 amide bonds. The third-order valence-corrected chi connectivity index (χ3v) is 12.4. The Balaban J connectivity index is 1.11. The van der Waals surface area contributed by atoms with Crippen LogP contribution in [-0.2, 0) is 20.9 Å². The SMILES string of the molecule is CCOC(=O)c1ccc(N2C(=O)C3C(C2=O)[C@@H]2C[C@H]3C3Sc4[nH]c(=O)sc4C(c4cccc(OCc5ccccc5)c4)C32)cc1. The lowest BCUT2D eigenvalue weighted by Crippen LogP contribution is -2.42. The molecular weight excluding hydrogens is 609 g/mol. The van der Waals surface area contributed by atoms with Crippen LogP contribution >= 0.6 is 23.1 Å². The molecule has 4 aliphatic rings. The van der Waals surface area contributed by atoms with E-state index in [1.165, 1.54) is 16.2 Å². The number of thiazole rings is 1. The summed E-state index contributed by atoms with van der Waals surface area (Å²) in [6, 6.07) is 24.6. The highest BCUT2D eigenvalue weighted by atomic mass is 32.2. The second-order valence-corrected chi connectivity index (χ2v) is 14.3. The van der Waals surface area contributed by atoms with Gasteiger partial charge < -0.3 is 14.5 Å². The van der Waals surface area contributed by atoms with Gasteiger partial charge in [-0.15, -0.1) is 11.8 Å². The minimum atomic E-state index is -0.440. The molecule has 0 radical (unpaired) electrons. The number of anilines is 1. The van der Waals surface area contributed by atoms with Gasteiger partial charge in [0.25, 0.3) is 0 Å². The number of aromatic nitrogens is 1. The molecule has 5 unspecified atom stereocenters. The Kier molecular flexibility index (Phi) is 6.94. The lowest BCUT2D eigenvalue weighted by Gasteiger charge is -2.43. The van der Waals surface area contributed by atoms with Crippen LogP contribution in [-0.4, -0.2) is 34.6 Å². The molecule has 3 aromatic carbocycles. The number of carbonyl (C=O) groups is 3. The summed E-state index contributed by atoms with van der Waals surface area (Å²) in [6.07, 6.45) is 0.810. The Morgan fingerprint density at radius 2 is 1.69 bits per heavy atom. The second-order valence-electron chi connectivity index (χ2n) is 12.1. The highest BCUT2D eigenvalue weighted by molar-refractivity contribution is 8.00. The number of H-pyrrole nitrogens is 1. The Labute approximate surface area is 267 Å². The predicted octanol–water partition coefficient (Wildman–Crippen LogP) is 5.87. The first-order valence-electron chi connectivity index (χ1n) is 15.2. The van der Waals surface area contributed by atoms with Gasteiger partial charge in [0.05, 0.1) is 34.7 Å². The van der Waals surface area contributed by atoms with Crippen LogP contribution in [0.1, 0.15) is 45.6 Å². The zero-order valence-corrected chi connectivity index (χ0v) is 26.0. The van der Waals surface area contributed by atoms with E-state index in [9.17, 15) is 19.2 Å². The van der Waals surface area contributed by atoms with Gasteiger partial charge in [0.2, 0.25) is 11.8 Å². The average Bonchev–Trinajstić information content (AvgIpc) is 3.79. The van der Waals surface area contributed by atoms with Crippen molar-refractivity contribution in [3.05, 3.63) is 110 Å². The smallest absolute Gasteiger partial charge is 0.338 e. The van der Waals surface area contributed by atoms with Crippen molar-refractivity contribution in [2.75, 3.05) is 11.5 Å². The summed E-state index contributed by atoms with van der Waals surface area (Å²) in [5.41, 5.74) is 2.98. The molecule has 8 nitrogen and oxygen atoms in total. The van der Waals surface area contributed by atoms with Gasteiger partial charge in [0, 0.05) is 16.0 Å². The normalized spacial score (nSPS) is 27.7. The first-order chi connectivity index (χ1) is 21.9. The van der Waals surface area contributed by atoms with Crippen molar-refractivity contribution in [2.24, 2.45) is 29.6 Å². The zero-order valence-electron chi connectivity index (χ0n) is 24.4. The number of esters is 1. The summed E-state index contributed by atoms with van der Waals surface area (Å²) >= 11 is 2.91. The first-order valence-corrected chi connectivity index (χ1v) is 16.9. The molecule has 3 fully saturated rings. The molecule has 7 atom stereocenters. The quantitative estimate of drug-likeness (QED) is 0.199. The Bertz CT molecular complexity index is 1870. The van der Waals surface area contributed by atoms with Gasteiger partial charge in [-0.1, -0.05) is 53.8 Å². The van der Waals surface area contributed by atoms with Crippen molar-refractivity contribution in [3.8, 4) is 5.75 Å². The standard InChI is InChI=1S/C35H30N2O6S2/c1-2-42-34(40)19-11-13-21(14-12-19)37-32(38)27-23-16-24(28(27)33(37)39)29-26(23)25(30-31(44-29)36-35(41)45-30)20-9-6-10-22(15-20)43-17-18-7-4-3-5-8-18/h3-15,23-29H,2,16-17H2,1H3,(H,36,41)/t23-,24-,25?,26?,27?,28?,29?/m1/s1. The van der Waals surface area contributed by atoms with E-state index in [4.69, 9.17) is 9.47 Å². The highest BCUT2D eigenvalue weighted by Gasteiger charge is 2.69. The fourth-order valence-corrected chi connectivity index (χ4v) is 11.0. The molecule has 2 saturated carbocycles. The molecule has 1 N–H and O–H groups in total. The van der Waals surface area contributed by atoms with Gasteiger partial charge in [-0.3, -0.25) is 19.3 Å². The van der Waals surface area contributed by atoms with Gasteiger partial charge in [-0.2, -0.15) is 0 Å². The number of hydrogen-bond acceptors (Lipinski definition) is 8. The van der Waals surface area contributed by atoms with Gasteiger partial charge in [-0.25, -0.2) is 4.79 Å². The topological polar surface area (TPSA) is 106 Å². The van der Waals surface area contributed by atoms with Crippen LogP contribution in [0.15, 0.2) is 88.7 Å². The van der Waals surface area contributed by atoms with Crippen LogP contribution in [0, 0.1) is 29.6 Å². The minimum Gasteiger partial charge on any atom is -0.489 e. The summed E-state index contributed by atoms with van der Waals surface area (Å²) in [6.45, 7) is 2.46. The van der Waals surface area contributed by atoms with Crippen molar-refractivity contribution >= 4 is 46.6 Å². The molecule has 0 spiro atoms. The third-order valence-electron chi connectivity index (χ3n) is 9.83. The lowest BCUT2D eigenvalue weighted by molar-refractivity contribution is -0.123. The second kappa shape index (κ2) is 11.0. The molecule has 3 heterocycles. The zero-order chi connectivity index (χ0) is 30.8. The van der Waals surface area contributed by atoms with Crippen LogP contribution in [0.3, 0.4) is 0 Å². The molecule has 10 heteroatoms. The van der Waals surface area contributed by atoms with E-state index in [0.717, 1.165) is 33.2 Å². The van der Waals surface area contributed by atoms with E-state index in [1.807, 2.05) is 42.5 Å². The number of ether oxygens (including phenoxy) is 2. The molecule has 2 bridgehead atoms. The van der Waals surface area contributed by atoms with Crippen LogP contribution in [0.4, 0.5) is 5.69 Å². The van der Waals surface area contributed by atoms with Crippen molar-refractivity contribution < 1.29 is 23.9 Å². The van der Waals surface area contributed by atoms with Crippen LogP contribution < -0.4 is 14.5 Å². The Hall–Kier alpha value is -4.15. The molecule has 4 aromatic rings. The van der Waals surface area contributed by atoms with E-state index in [1.54, 1.807) is 43.0 Å². The molecule has 2 aliphatic heterocycles. The van der Waals surface area contributed by atoms with Gasteiger partial charge in [-0.05, 0) is 78.6 Å². The number of thioether (sulfide) groups is 1. The van der Waals surface area contributed by atoms with E-state index in [2.05, 4.69) is 17.1 Å². The number of amides is 2. The van der Waals surface area contributed by atoms with Crippen LogP contribution in [0.25, 0.3) is 0 Å². The van der Waals surface area contributed by atoms with E-state index >= 15 is 0 Å². The van der Waals surface area contributed by atoms with Crippen molar-refractivity contribution in [2.45, 2.75) is 36.1 Å². The number of aromatic amines is 1. The lowest BCUT2D eigenvalue weighted by atomic mass is 9.68. The summed E-state index contributed by atoms with van der Waals surface area (Å²) in [5.74, 6) is -0.810. The van der Waals surface area contributed by atoms with Crippen LogP contribution in [0.2, 0.25) is 0 Å². The number of rotatable bonds is 7. The number of carbonyl (C=O) groups excluding carboxylic acids is 3. The number of nitrogens with zero attached hydrogens (tertiary/aromatic N) is 1. The number of fused-ring (bicyclic) bond motifs is 9. The van der Waals surface area contributed by atoms with Gasteiger partial charge >= 0.3 is 10.8 Å². The fourth-order valence-electron chi connectivity index (χ4n) is 8.14. The molecule has 1 saturated heterocycles. The van der Waals surface area contributed by atoms with Crippen LogP contribution in [0.5, 0.6) is 5.75 Å². The van der Waals surface area contributed by atoms with E-state index in [0.29, 0.717) is 17.9 Å². The maximum absolute atomic E-state index is 14.1. The van der Waals surface area contributed by atoms with E-state index in [-0.39, 0.29) is 52.2 Å².